The van der Waals surface area contributed by atoms with Gasteiger partial charge in [-0.3, -0.25) is 9.59 Å². The van der Waals surface area contributed by atoms with Crippen molar-refractivity contribution in [2.45, 2.75) is 25.1 Å². The van der Waals surface area contributed by atoms with E-state index in [0.717, 1.165) is 12.8 Å². The smallest absolute Gasteiger partial charge is 0.240 e. The molecule has 92 valence electrons. The van der Waals surface area contributed by atoms with Crippen LogP contribution in [0.3, 0.4) is 0 Å². The zero-order chi connectivity index (χ0) is 12.3. The number of piperidine rings is 1. The van der Waals surface area contributed by atoms with Gasteiger partial charge in [-0.1, -0.05) is 0 Å². The van der Waals surface area contributed by atoms with E-state index in [1.54, 1.807) is 30.8 Å². The highest BCUT2D eigenvalue weighted by Gasteiger charge is 2.29. The number of amides is 2. The van der Waals surface area contributed by atoms with Gasteiger partial charge in [-0.05, 0) is 19.8 Å². The number of hydrogen-bond acceptors (Lipinski definition) is 2. The number of carbonyl (C=O) groups is 2. The molecule has 1 fully saturated rings. The van der Waals surface area contributed by atoms with E-state index < -0.39 is 5.38 Å². The summed E-state index contributed by atoms with van der Waals surface area (Å²) in [6.07, 6.45) is 1.48. The minimum Gasteiger partial charge on any atom is -0.349 e. The number of likely N-dealkylation sites (tertiary alicyclic amines) is 1. The zero-order valence-corrected chi connectivity index (χ0v) is 10.8. The van der Waals surface area contributed by atoms with Gasteiger partial charge in [0.05, 0.1) is 0 Å². The second-order valence-corrected chi connectivity index (χ2v) is 5.10. The van der Waals surface area contributed by atoms with Crippen LogP contribution in [-0.2, 0) is 9.59 Å². The van der Waals surface area contributed by atoms with E-state index >= 15 is 0 Å². The Bertz CT molecular complexity index is 243. The molecule has 0 aromatic carbocycles. The highest BCUT2D eigenvalue weighted by atomic mass is 35.5. The first kappa shape index (κ1) is 13.3. The quantitative estimate of drug-likeness (QED) is 0.681. The van der Waals surface area contributed by atoms with Crippen LogP contribution in [0.1, 0.15) is 19.8 Å². The molecule has 0 bridgehead atoms. The van der Waals surface area contributed by atoms with Crippen molar-refractivity contribution in [1.82, 2.24) is 9.80 Å². The third-order valence-corrected chi connectivity index (χ3v) is 3.12. The maximum atomic E-state index is 11.7. The van der Waals surface area contributed by atoms with Crippen molar-refractivity contribution >= 4 is 23.4 Å². The number of halogens is 1. The van der Waals surface area contributed by atoms with Gasteiger partial charge in [0, 0.05) is 33.1 Å². The molecule has 0 spiro atoms. The average Bonchev–Trinajstić information content (AvgIpc) is 2.27. The summed E-state index contributed by atoms with van der Waals surface area (Å²) in [7, 11) is 3.53. The van der Waals surface area contributed by atoms with E-state index in [2.05, 4.69) is 0 Å². The van der Waals surface area contributed by atoms with Crippen LogP contribution in [0.4, 0.5) is 0 Å². The summed E-state index contributed by atoms with van der Waals surface area (Å²) in [5, 5.41) is -0.471. The molecule has 1 unspecified atom stereocenters. The highest BCUT2D eigenvalue weighted by Crippen LogP contribution is 2.20. The Kier molecular flexibility index (Phi) is 4.59. The van der Waals surface area contributed by atoms with E-state index in [1.807, 2.05) is 0 Å². The lowest BCUT2D eigenvalue weighted by Crippen LogP contribution is -2.44. The first-order valence-corrected chi connectivity index (χ1v) is 6.01. The van der Waals surface area contributed by atoms with Crippen LogP contribution in [0.25, 0.3) is 0 Å². The van der Waals surface area contributed by atoms with E-state index in [4.69, 9.17) is 11.6 Å². The van der Waals surface area contributed by atoms with Crippen molar-refractivity contribution < 1.29 is 9.59 Å². The minimum absolute atomic E-state index is 0.0302. The predicted octanol–water partition coefficient (Wildman–Crippen LogP) is 0.940. The van der Waals surface area contributed by atoms with Crippen LogP contribution in [-0.4, -0.2) is 54.2 Å². The molecule has 1 aliphatic heterocycles. The van der Waals surface area contributed by atoms with Gasteiger partial charge in [0.1, 0.15) is 5.38 Å². The van der Waals surface area contributed by atoms with E-state index in [1.165, 1.54) is 0 Å². The molecule has 1 saturated heterocycles. The van der Waals surface area contributed by atoms with Crippen LogP contribution in [0, 0.1) is 5.92 Å². The normalized spacial score (nSPS) is 19.4. The fraction of sp³-hybridized carbons (Fsp3) is 0.818. The lowest BCUT2D eigenvalue weighted by Gasteiger charge is -2.33. The summed E-state index contributed by atoms with van der Waals surface area (Å²) in [6, 6.07) is 0. The van der Waals surface area contributed by atoms with Crippen LogP contribution in [0.2, 0.25) is 0 Å². The molecule has 0 aromatic rings. The summed E-state index contributed by atoms with van der Waals surface area (Å²) in [5.74, 6) is 0.188. The second kappa shape index (κ2) is 5.53. The van der Waals surface area contributed by atoms with Crippen LogP contribution < -0.4 is 0 Å². The molecular weight excluding hydrogens is 228 g/mol. The average molecular weight is 247 g/mol. The third-order valence-electron chi connectivity index (χ3n) is 2.94. The van der Waals surface area contributed by atoms with Gasteiger partial charge in [0.2, 0.25) is 11.8 Å². The van der Waals surface area contributed by atoms with Gasteiger partial charge in [-0.2, -0.15) is 0 Å². The molecule has 1 heterocycles. The first-order chi connectivity index (χ1) is 7.43. The Morgan fingerprint density at radius 2 is 1.81 bits per heavy atom. The van der Waals surface area contributed by atoms with Crippen molar-refractivity contribution in [2.75, 3.05) is 27.2 Å². The molecular formula is C11H19ClN2O2. The monoisotopic (exact) mass is 246 g/mol. The number of carbonyl (C=O) groups excluding carboxylic acids is 2. The van der Waals surface area contributed by atoms with Gasteiger partial charge < -0.3 is 9.80 Å². The zero-order valence-electron chi connectivity index (χ0n) is 10.1. The highest BCUT2D eigenvalue weighted by molar-refractivity contribution is 6.30. The molecule has 16 heavy (non-hydrogen) atoms. The molecule has 5 heteroatoms. The molecule has 0 N–H and O–H groups in total. The molecule has 0 aliphatic carbocycles. The van der Waals surface area contributed by atoms with E-state index in [0.29, 0.717) is 13.1 Å². The minimum atomic E-state index is -0.471. The number of hydrogen-bond donors (Lipinski definition) is 0. The lowest BCUT2D eigenvalue weighted by molar-refractivity contribution is -0.138. The van der Waals surface area contributed by atoms with Gasteiger partial charge in [-0.15, -0.1) is 11.6 Å². The molecule has 1 aliphatic rings. The maximum absolute atomic E-state index is 11.7. The van der Waals surface area contributed by atoms with E-state index in [9.17, 15) is 9.59 Å². The number of nitrogens with zero attached hydrogens (tertiary/aromatic N) is 2. The topological polar surface area (TPSA) is 40.6 Å². The molecule has 1 atom stereocenters. The molecule has 1 rings (SSSR count). The van der Waals surface area contributed by atoms with Crippen LogP contribution in [0.15, 0.2) is 0 Å². The fourth-order valence-electron chi connectivity index (χ4n) is 1.96. The third kappa shape index (κ3) is 3.11. The molecule has 4 nitrogen and oxygen atoms in total. The second-order valence-electron chi connectivity index (χ2n) is 4.45. The van der Waals surface area contributed by atoms with Gasteiger partial charge in [0.15, 0.2) is 0 Å². The Hall–Kier alpha value is -0.770. The Labute approximate surface area is 102 Å². The Morgan fingerprint density at radius 1 is 1.31 bits per heavy atom. The SMILES string of the molecule is CC(Cl)C(=O)N1CCC(C(=O)N(C)C)CC1. The predicted molar refractivity (Wildman–Crippen MR) is 63.3 cm³/mol. The maximum Gasteiger partial charge on any atom is 0.240 e. The van der Waals surface area contributed by atoms with Crippen molar-refractivity contribution in [3.05, 3.63) is 0 Å². The van der Waals surface area contributed by atoms with Gasteiger partial charge in [0.25, 0.3) is 0 Å². The fourth-order valence-corrected chi connectivity index (χ4v) is 2.10. The summed E-state index contributed by atoms with van der Waals surface area (Å²) in [6.45, 7) is 2.96. The first-order valence-electron chi connectivity index (χ1n) is 5.57. The number of alkyl halides is 1. The van der Waals surface area contributed by atoms with Crippen molar-refractivity contribution in [2.24, 2.45) is 5.92 Å². The summed E-state index contributed by atoms with van der Waals surface area (Å²) in [5.41, 5.74) is 0. The lowest BCUT2D eigenvalue weighted by atomic mass is 9.95. The summed E-state index contributed by atoms with van der Waals surface area (Å²) in [4.78, 5) is 26.7. The van der Waals surface area contributed by atoms with Crippen molar-refractivity contribution in [3.63, 3.8) is 0 Å². The van der Waals surface area contributed by atoms with Gasteiger partial charge >= 0.3 is 0 Å². The Morgan fingerprint density at radius 3 is 2.19 bits per heavy atom. The van der Waals surface area contributed by atoms with Crippen LogP contribution >= 0.6 is 11.6 Å². The number of rotatable bonds is 2. The van der Waals surface area contributed by atoms with Crippen molar-refractivity contribution in [3.8, 4) is 0 Å². The summed E-state index contributed by atoms with van der Waals surface area (Å²) >= 11 is 5.74. The summed E-state index contributed by atoms with van der Waals surface area (Å²) < 4.78 is 0. The molecule has 0 aromatic heterocycles. The Balaban J connectivity index is 2.45. The van der Waals surface area contributed by atoms with Gasteiger partial charge in [-0.25, -0.2) is 0 Å². The molecule has 0 saturated carbocycles. The van der Waals surface area contributed by atoms with E-state index in [-0.39, 0.29) is 17.7 Å². The molecule has 2 amide bonds. The molecule has 0 radical (unpaired) electrons. The van der Waals surface area contributed by atoms with Crippen LogP contribution in [0.5, 0.6) is 0 Å². The van der Waals surface area contributed by atoms with Crippen molar-refractivity contribution in [1.29, 1.82) is 0 Å². The largest absolute Gasteiger partial charge is 0.349 e. The standard InChI is InChI=1S/C11H19ClN2O2/c1-8(12)10(15)14-6-4-9(5-7-14)11(16)13(2)3/h8-9H,4-7H2,1-3H3.